The predicted molar refractivity (Wildman–Crippen MR) is 77.2 cm³/mol. The summed E-state index contributed by atoms with van der Waals surface area (Å²) in [6, 6.07) is 11.4. The number of nitrogens with one attached hydrogen (secondary N) is 1. The molecule has 0 amide bonds. The zero-order chi connectivity index (χ0) is 13.9. The molecular weight excluding hydrogens is 258 g/mol. The molecule has 0 radical (unpaired) electrons. The van der Waals surface area contributed by atoms with Crippen LogP contribution in [0.1, 0.15) is 5.56 Å². The molecule has 0 saturated heterocycles. The van der Waals surface area contributed by atoms with Crippen molar-refractivity contribution in [2.75, 3.05) is 29.9 Å². The summed E-state index contributed by atoms with van der Waals surface area (Å²) in [6.45, 7) is 2.37. The highest BCUT2D eigenvalue weighted by molar-refractivity contribution is 5.58. The average Bonchev–Trinajstić information content (AvgIpc) is 2.82. The number of nitrogens with zero attached hydrogens (tertiary/aromatic N) is 1. The Bertz CT molecular complexity index is 613. The van der Waals surface area contributed by atoms with E-state index in [0.29, 0.717) is 6.54 Å². The van der Waals surface area contributed by atoms with Crippen molar-refractivity contribution in [3.63, 3.8) is 0 Å². The third-order valence-corrected chi connectivity index (χ3v) is 3.57. The van der Waals surface area contributed by atoms with Gasteiger partial charge in [-0.25, -0.2) is 8.78 Å². The van der Waals surface area contributed by atoms with E-state index in [1.807, 2.05) is 12.1 Å². The maximum absolute atomic E-state index is 13.3. The first-order valence-corrected chi connectivity index (χ1v) is 6.75. The highest BCUT2D eigenvalue weighted by Gasteiger charge is 2.18. The van der Waals surface area contributed by atoms with Crippen LogP contribution >= 0.6 is 0 Å². The molecule has 20 heavy (non-hydrogen) atoms. The van der Waals surface area contributed by atoms with Gasteiger partial charge in [0.15, 0.2) is 0 Å². The van der Waals surface area contributed by atoms with E-state index in [2.05, 4.69) is 10.2 Å². The molecule has 0 aliphatic carbocycles. The second kappa shape index (κ2) is 5.49. The molecule has 0 saturated carbocycles. The predicted octanol–water partition coefficient (Wildman–Crippen LogP) is 3.44. The van der Waals surface area contributed by atoms with Gasteiger partial charge in [0, 0.05) is 31.0 Å². The molecule has 0 fully saturated rings. The Morgan fingerprint density at radius 2 is 1.90 bits per heavy atom. The Kier molecular flexibility index (Phi) is 3.54. The normalized spacial score (nSPS) is 13.4. The van der Waals surface area contributed by atoms with E-state index in [1.165, 1.54) is 23.8 Å². The molecule has 0 atom stereocenters. The van der Waals surface area contributed by atoms with Crippen molar-refractivity contribution in [3.05, 3.63) is 59.7 Å². The highest BCUT2D eigenvalue weighted by atomic mass is 19.1. The van der Waals surface area contributed by atoms with Gasteiger partial charge in [-0.2, -0.15) is 0 Å². The standard InChI is InChI=1S/C16H16F2N2/c17-13-2-1-3-15(10-13)19-7-9-20-8-6-12-4-5-14(18)11-16(12)20/h1-5,10-11,19H,6-9H2. The van der Waals surface area contributed by atoms with Crippen LogP contribution in [0.15, 0.2) is 42.5 Å². The topological polar surface area (TPSA) is 15.3 Å². The summed E-state index contributed by atoms with van der Waals surface area (Å²) in [5, 5.41) is 3.18. The molecule has 1 aliphatic rings. The van der Waals surface area contributed by atoms with E-state index >= 15 is 0 Å². The highest BCUT2D eigenvalue weighted by Crippen LogP contribution is 2.28. The monoisotopic (exact) mass is 274 g/mol. The molecule has 0 bridgehead atoms. The summed E-state index contributed by atoms with van der Waals surface area (Å²) in [6.07, 6.45) is 0.954. The molecule has 1 aliphatic heterocycles. The van der Waals surface area contributed by atoms with Gasteiger partial charge in [0.05, 0.1) is 0 Å². The van der Waals surface area contributed by atoms with Gasteiger partial charge in [0.1, 0.15) is 11.6 Å². The number of fused-ring (bicyclic) bond motifs is 1. The first kappa shape index (κ1) is 12.9. The van der Waals surface area contributed by atoms with Gasteiger partial charge in [0.2, 0.25) is 0 Å². The zero-order valence-electron chi connectivity index (χ0n) is 11.1. The van der Waals surface area contributed by atoms with E-state index in [1.54, 1.807) is 12.1 Å². The fraction of sp³-hybridized carbons (Fsp3) is 0.250. The number of hydrogen-bond acceptors (Lipinski definition) is 2. The van der Waals surface area contributed by atoms with Crippen molar-refractivity contribution in [1.82, 2.24) is 0 Å². The number of rotatable bonds is 4. The van der Waals surface area contributed by atoms with Crippen LogP contribution in [0.25, 0.3) is 0 Å². The summed E-state index contributed by atoms with van der Waals surface area (Å²) < 4.78 is 26.3. The van der Waals surface area contributed by atoms with Gasteiger partial charge in [-0.1, -0.05) is 12.1 Å². The van der Waals surface area contributed by atoms with Gasteiger partial charge in [0.25, 0.3) is 0 Å². The van der Waals surface area contributed by atoms with Gasteiger partial charge in [-0.05, 0) is 42.3 Å². The average molecular weight is 274 g/mol. The van der Waals surface area contributed by atoms with Crippen molar-refractivity contribution in [1.29, 1.82) is 0 Å². The molecule has 0 aromatic heterocycles. The minimum absolute atomic E-state index is 0.200. The molecule has 1 heterocycles. The first-order valence-electron chi connectivity index (χ1n) is 6.75. The van der Waals surface area contributed by atoms with E-state index in [9.17, 15) is 8.78 Å². The number of anilines is 2. The lowest BCUT2D eigenvalue weighted by atomic mass is 10.2. The lowest BCUT2D eigenvalue weighted by Gasteiger charge is -2.20. The minimum Gasteiger partial charge on any atom is -0.383 e. The summed E-state index contributed by atoms with van der Waals surface area (Å²) in [7, 11) is 0. The van der Waals surface area contributed by atoms with Crippen LogP contribution in [-0.2, 0) is 6.42 Å². The van der Waals surface area contributed by atoms with Gasteiger partial charge >= 0.3 is 0 Å². The molecule has 1 N–H and O–H groups in total. The minimum atomic E-state index is -0.247. The van der Waals surface area contributed by atoms with Gasteiger partial charge in [-0.3, -0.25) is 0 Å². The van der Waals surface area contributed by atoms with E-state index in [0.717, 1.165) is 30.9 Å². The smallest absolute Gasteiger partial charge is 0.125 e. The van der Waals surface area contributed by atoms with E-state index in [4.69, 9.17) is 0 Å². The first-order chi connectivity index (χ1) is 9.72. The molecular formula is C16H16F2N2. The third kappa shape index (κ3) is 2.74. The molecule has 104 valence electrons. The summed E-state index contributed by atoms with van der Waals surface area (Å²) in [5.41, 5.74) is 2.94. The van der Waals surface area contributed by atoms with E-state index < -0.39 is 0 Å². The van der Waals surface area contributed by atoms with Crippen LogP contribution < -0.4 is 10.2 Å². The van der Waals surface area contributed by atoms with Crippen LogP contribution in [0, 0.1) is 11.6 Å². The molecule has 0 unspecified atom stereocenters. The fourth-order valence-electron chi connectivity index (χ4n) is 2.58. The van der Waals surface area contributed by atoms with Crippen molar-refractivity contribution >= 4 is 11.4 Å². The fourth-order valence-corrected chi connectivity index (χ4v) is 2.58. The quantitative estimate of drug-likeness (QED) is 0.918. The Labute approximate surface area is 117 Å². The number of hydrogen-bond donors (Lipinski definition) is 1. The lowest BCUT2D eigenvalue weighted by molar-refractivity contribution is 0.627. The Balaban J connectivity index is 1.59. The van der Waals surface area contributed by atoms with Crippen molar-refractivity contribution in [2.24, 2.45) is 0 Å². The maximum atomic E-state index is 13.3. The molecule has 2 nitrogen and oxygen atoms in total. The molecule has 2 aromatic carbocycles. The van der Waals surface area contributed by atoms with Gasteiger partial charge in [-0.15, -0.1) is 0 Å². The van der Waals surface area contributed by atoms with Crippen molar-refractivity contribution < 1.29 is 8.78 Å². The van der Waals surface area contributed by atoms with E-state index in [-0.39, 0.29) is 11.6 Å². The Morgan fingerprint density at radius 3 is 2.75 bits per heavy atom. The third-order valence-electron chi connectivity index (χ3n) is 3.57. The second-order valence-electron chi connectivity index (χ2n) is 4.95. The van der Waals surface area contributed by atoms with Crippen LogP contribution in [-0.4, -0.2) is 19.6 Å². The molecule has 3 rings (SSSR count). The van der Waals surface area contributed by atoms with Gasteiger partial charge < -0.3 is 10.2 Å². The van der Waals surface area contributed by atoms with Crippen LogP contribution in [0.3, 0.4) is 0 Å². The number of benzene rings is 2. The molecule has 2 aromatic rings. The van der Waals surface area contributed by atoms with Crippen LogP contribution in [0.5, 0.6) is 0 Å². The Morgan fingerprint density at radius 1 is 1.05 bits per heavy atom. The largest absolute Gasteiger partial charge is 0.383 e. The lowest BCUT2D eigenvalue weighted by Crippen LogP contribution is -2.27. The second-order valence-corrected chi connectivity index (χ2v) is 4.95. The van der Waals surface area contributed by atoms with Crippen molar-refractivity contribution in [3.8, 4) is 0 Å². The maximum Gasteiger partial charge on any atom is 0.125 e. The molecule has 0 spiro atoms. The zero-order valence-corrected chi connectivity index (χ0v) is 11.1. The Hall–Kier alpha value is -2.10. The number of halogens is 2. The summed E-state index contributed by atoms with van der Waals surface area (Å²) in [4.78, 5) is 2.16. The van der Waals surface area contributed by atoms with Crippen LogP contribution in [0.4, 0.5) is 20.2 Å². The van der Waals surface area contributed by atoms with Crippen molar-refractivity contribution in [2.45, 2.75) is 6.42 Å². The molecule has 4 heteroatoms. The SMILES string of the molecule is Fc1cccc(NCCN2CCc3ccc(F)cc32)c1. The van der Waals surface area contributed by atoms with Crippen LogP contribution in [0.2, 0.25) is 0 Å². The summed E-state index contributed by atoms with van der Waals surface area (Å²) in [5.74, 6) is -0.447. The summed E-state index contributed by atoms with van der Waals surface area (Å²) >= 11 is 0.